The van der Waals surface area contributed by atoms with Crippen LogP contribution in [0, 0.1) is 6.92 Å². The van der Waals surface area contributed by atoms with Gasteiger partial charge in [-0.1, -0.05) is 0 Å². The van der Waals surface area contributed by atoms with Gasteiger partial charge in [0, 0.05) is 24.8 Å². The first kappa shape index (κ1) is 17.6. The maximum atomic E-state index is 5.52. The molecule has 1 aliphatic carbocycles. The van der Waals surface area contributed by atoms with Crippen molar-refractivity contribution < 1.29 is 9.47 Å². The number of aromatic amines is 1. The fraction of sp³-hybridized carbons (Fsp3) is 0.579. The topological polar surface area (TPSA) is 103 Å². The van der Waals surface area contributed by atoms with Crippen LogP contribution in [0.25, 0.3) is 11.0 Å². The zero-order valence-electron chi connectivity index (χ0n) is 16.2. The predicted molar refractivity (Wildman–Crippen MR) is 104 cm³/mol. The molecular weight excluding hydrogens is 358 g/mol. The number of hydrogen-bond donors (Lipinski definition) is 2. The van der Waals surface area contributed by atoms with Gasteiger partial charge in [-0.25, -0.2) is 14.6 Å². The Hall–Kier alpha value is -2.52. The Morgan fingerprint density at radius 3 is 2.68 bits per heavy atom. The third-order valence-electron chi connectivity index (χ3n) is 5.76. The molecule has 1 saturated heterocycles. The van der Waals surface area contributed by atoms with Gasteiger partial charge >= 0.3 is 0 Å². The first-order valence-corrected chi connectivity index (χ1v) is 9.86. The number of hydrogen-bond acceptors (Lipinski definition) is 7. The fourth-order valence-electron chi connectivity index (χ4n) is 4.01. The van der Waals surface area contributed by atoms with Crippen molar-refractivity contribution in [1.29, 1.82) is 0 Å². The van der Waals surface area contributed by atoms with Crippen molar-refractivity contribution in [2.45, 2.75) is 50.7 Å². The van der Waals surface area contributed by atoms with E-state index in [1.807, 2.05) is 23.9 Å². The summed E-state index contributed by atoms with van der Waals surface area (Å²) in [4.78, 5) is 9.84. The van der Waals surface area contributed by atoms with E-state index in [0.717, 1.165) is 59.9 Å². The molecule has 28 heavy (non-hydrogen) atoms. The molecule has 1 saturated carbocycles. The minimum absolute atomic E-state index is 0.241. The number of nitrogens with one attached hydrogen (secondary N) is 2. The third-order valence-corrected chi connectivity index (χ3v) is 5.76. The Morgan fingerprint density at radius 2 is 2.04 bits per heavy atom. The molecule has 148 valence electrons. The van der Waals surface area contributed by atoms with Gasteiger partial charge in [-0.05, 0) is 32.6 Å². The van der Waals surface area contributed by atoms with Crippen LogP contribution in [-0.4, -0.2) is 56.4 Å². The van der Waals surface area contributed by atoms with Crippen LogP contribution in [0.1, 0.15) is 49.2 Å². The lowest BCUT2D eigenvalue weighted by atomic mass is 9.87. The van der Waals surface area contributed by atoms with Gasteiger partial charge in [0.1, 0.15) is 17.7 Å². The molecular formula is C19H25N7O2. The van der Waals surface area contributed by atoms with E-state index in [4.69, 9.17) is 19.4 Å². The van der Waals surface area contributed by atoms with Gasteiger partial charge < -0.3 is 14.8 Å². The highest BCUT2D eigenvalue weighted by atomic mass is 16.5. The van der Waals surface area contributed by atoms with Crippen molar-refractivity contribution in [1.82, 2.24) is 29.9 Å². The second kappa shape index (κ2) is 7.14. The normalized spacial score (nSPS) is 23.1. The summed E-state index contributed by atoms with van der Waals surface area (Å²) in [6.45, 7) is 3.33. The smallest absolute Gasteiger partial charge is 0.164 e. The van der Waals surface area contributed by atoms with E-state index in [0.29, 0.717) is 25.2 Å². The fourth-order valence-corrected chi connectivity index (χ4v) is 4.01. The number of aryl methyl sites for hydroxylation is 1. The molecule has 0 radical (unpaired) electrons. The molecule has 4 heterocycles. The Balaban J connectivity index is 1.53. The van der Waals surface area contributed by atoms with Crippen molar-refractivity contribution in [3.8, 4) is 0 Å². The van der Waals surface area contributed by atoms with E-state index < -0.39 is 0 Å². The van der Waals surface area contributed by atoms with Crippen molar-refractivity contribution in [3.63, 3.8) is 0 Å². The molecule has 0 aromatic carbocycles. The molecule has 0 unspecified atom stereocenters. The summed E-state index contributed by atoms with van der Waals surface area (Å²) < 4.78 is 12.9. The maximum absolute atomic E-state index is 5.52. The van der Waals surface area contributed by atoms with Crippen LogP contribution in [0.3, 0.4) is 0 Å². The van der Waals surface area contributed by atoms with Crippen LogP contribution >= 0.6 is 0 Å². The molecule has 2 aliphatic rings. The van der Waals surface area contributed by atoms with Gasteiger partial charge in [-0.3, -0.25) is 5.10 Å². The minimum Gasteiger partial charge on any atom is -0.381 e. The largest absolute Gasteiger partial charge is 0.381 e. The second-order valence-corrected chi connectivity index (χ2v) is 7.72. The van der Waals surface area contributed by atoms with Crippen LogP contribution in [0.15, 0.2) is 12.3 Å². The number of nitrogens with zero attached hydrogens (tertiary/aromatic N) is 5. The Kier molecular flexibility index (Phi) is 4.48. The molecule has 2 N–H and O–H groups in total. The van der Waals surface area contributed by atoms with E-state index in [9.17, 15) is 0 Å². The summed E-state index contributed by atoms with van der Waals surface area (Å²) in [5, 5.41) is 16.1. The van der Waals surface area contributed by atoms with Crippen molar-refractivity contribution in [3.05, 3.63) is 23.8 Å². The van der Waals surface area contributed by atoms with E-state index in [-0.39, 0.29) is 6.04 Å². The SMILES string of the molecule is COC1CCC(c2nc(Nc3cc(C)[nH]n3)c3cnn(C4COC4)c3n2)CC1. The summed E-state index contributed by atoms with van der Waals surface area (Å²) >= 11 is 0. The number of anilines is 2. The van der Waals surface area contributed by atoms with Crippen LogP contribution in [-0.2, 0) is 9.47 Å². The van der Waals surface area contributed by atoms with E-state index >= 15 is 0 Å². The Labute approximate surface area is 162 Å². The zero-order valence-corrected chi connectivity index (χ0v) is 16.2. The molecule has 0 amide bonds. The van der Waals surface area contributed by atoms with Gasteiger partial charge in [-0.2, -0.15) is 10.2 Å². The molecule has 5 rings (SSSR count). The van der Waals surface area contributed by atoms with Crippen LogP contribution in [0.5, 0.6) is 0 Å². The summed E-state index contributed by atoms with van der Waals surface area (Å²) in [5.41, 5.74) is 1.86. The standard InChI is InChI=1S/C19H25N7O2/c1-11-7-16(25-24-11)21-18-15-8-20-26(13-9-28-10-13)19(15)23-17(22-18)12-3-5-14(27-2)6-4-12/h7-8,12-14H,3-6,9-10H2,1-2H3,(H2,21,22,23,24,25). The quantitative estimate of drug-likeness (QED) is 0.698. The van der Waals surface area contributed by atoms with Crippen molar-refractivity contribution in [2.24, 2.45) is 0 Å². The Bertz CT molecular complexity index is 970. The first-order valence-electron chi connectivity index (χ1n) is 9.86. The number of methoxy groups -OCH3 is 1. The molecule has 3 aromatic heterocycles. The molecule has 1 aliphatic heterocycles. The van der Waals surface area contributed by atoms with Gasteiger partial charge in [-0.15, -0.1) is 0 Å². The molecule has 2 fully saturated rings. The highest BCUT2D eigenvalue weighted by molar-refractivity contribution is 5.88. The number of fused-ring (bicyclic) bond motifs is 1. The van der Waals surface area contributed by atoms with Gasteiger partial charge in [0.25, 0.3) is 0 Å². The second-order valence-electron chi connectivity index (χ2n) is 7.72. The zero-order chi connectivity index (χ0) is 19.1. The van der Waals surface area contributed by atoms with Crippen molar-refractivity contribution >= 4 is 22.7 Å². The number of H-pyrrole nitrogens is 1. The monoisotopic (exact) mass is 383 g/mol. The minimum atomic E-state index is 0.241. The van der Waals surface area contributed by atoms with Gasteiger partial charge in [0.2, 0.25) is 0 Å². The lowest BCUT2D eigenvalue weighted by Crippen LogP contribution is -2.31. The van der Waals surface area contributed by atoms with Crippen molar-refractivity contribution in [2.75, 3.05) is 25.6 Å². The average Bonchev–Trinajstić information content (AvgIpc) is 3.27. The molecule has 9 nitrogen and oxygen atoms in total. The molecule has 9 heteroatoms. The molecule has 0 spiro atoms. The number of aromatic nitrogens is 6. The van der Waals surface area contributed by atoms with E-state index in [2.05, 4.69) is 20.6 Å². The first-order chi connectivity index (χ1) is 13.7. The highest BCUT2D eigenvalue weighted by Gasteiger charge is 2.28. The molecule has 0 atom stereocenters. The van der Waals surface area contributed by atoms with Crippen LogP contribution in [0.4, 0.5) is 11.6 Å². The molecule has 0 bridgehead atoms. The summed E-state index contributed by atoms with van der Waals surface area (Å²) in [6.07, 6.45) is 6.33. The van der Waals surface area contributed by atoms with Crippen LogP contribution < -0.4 is 5.32 Å². The third kappa shape index (κ3) is 3.14. The summed E-state index contributed by atoms with van der Waals surface area (Å²) in [6, 6.07) is 2.20. The van der Waals surface area contributed by atoms with E-state index in [1.54, 1.807) is 7.11 Å². The van der Waals surface area contributed by atoms with Crippen LogP contribution in [0.2, 0.25) is 0 Å². The predicted octanol–water partition coefficient (Wildman–Crippen LogP) is 2.85. The number of ether oxygens (including phenoxy) is 2. The van der Waals surface area contributed by atoms with E-state index in [1.165, 1.54) is 0 Å². The van der Waals surface area contributed by atoms with Gasteiger partial charge in [0.05, 0.1) is 30.9 Å². The van der Waals surface area contributed by atoms with Gasteiger partial charge in [0.15, 0.2) is 11.5 Å². The maximum Gasteiger partial charge on any atom is 0.164 e. The number of rotatable bonds is 5. The summed E-state index contributed by atoms with van der Waals surface area (Å²) in [5.74, 6) is 2.70. The highest BCUT2D eigenvalue weighted by Crippen LogP contribution is 2.35. The lowest BCUT2D eigenvalue weighted by Gasteiger charge is -2.28. The lowest BCUT2D eigenvalue weighted by molar-refractivity contribution is -0.0269. The summed E-state index contributed by atoms with van der Waals surface area (Å²) in [7, 11) is 1.79. The molecule has 3 aromatic rings. The Morgan fingerprint density at radius 1 is 1.21 bits per heavy atom. The average molecular weight is 383 g/mol.